The highest BCUT2D eigenvalue weighted by atomic mass is 32.2. The first-order valence-corrected chi connectivity index (χ1v) is 8.34. The number of hydrogen-bond donors (Lipinski definition) is 0. The Balaban J connectivity index is 1.83. The summed E-state index contributed by atoms with van der Waals surface area (Å²) in [7, 11) is 0. The van der Waals surface area contributed by atoms with Crippen LogP contribution in [-0.4, -0.2) is 35.8 Å². The van der Waals surface area contributed by atoms with Gasteiger partial charge in [-0.3, -0.25) is 4.79 Å². The van der Waals surface area contributed by atoms with Gasteiger partial charge in [-0.25, -0.2) is 0 Å². The molecule has 0 aliphatic carbocycles. The highest BCUT2D eigenvalue weighted by molar-refractivity contribution is 8.00. The molecule has 0 aromatic heterocycles. The Bertz CT molecular complexity index is 433. The van der Waals surface area contributed by atoms with Gasteiger partial charge in [0.15, 0.2) is 0 Å². The van der Waals surface area contributed by atoms with Gasteiger partial charge in [0.1, 0.15) is 5.75 Å². The zero-order chi connectivity index (χ0) is 14.4. The van der Waals surface area contributed by atoms with Gasteiger partial charge in [-0.1, -0.05) is 0 Å². The van der Waals surface area contributed by atoms with Crippen LogP contribution in [-0.2, 0) is 4.79 Å². The second-order valence-corrected chi connectivity index (χ2v) is 6.17. The average molecular weight is 293 g/mol. The van der Waals surface area contributed by atoms with Crippen LogP contribution < -0.4 is 4.74 Å². The molecule has 1 unspecified atom stereocenters. The van der Waals surface area contributed by atoms with Gasteiger partial charge < -0.3 is 9.64 Å². The molecule has 20 heavy (non-hydrogen) atoms. The van der Waals surface area contributed by atoms with Gasteiger partial charge in [0, 0.05) is 17.5 Å². The van der Waals surface area contributed by atoms with Crippen LogP contribution >= 0.6 is 11.8 Å². The van der Waals surface area contributed by atoms with Gasteiger partial charge in [0.25, 0.3) is 0 Å². The van der Waals surface area contributed by atoms with E-state index >= 15 is 0 Å². The molecule has 1 saturated heterocycles. The fourth-order valence-electron chi connectivity index (χ4n) is 2.50. The first kappa shape index (κ1) is 15.2. The van der Waals surface area contributed by atoms with Gasteiger partial charge in [-0.15, -0.1) is 11.8 Å². The van der Waals surface area contributed by atoms with Crippen LogP contribution in [0.2, 0.25) is 0 Å². The molecule has 0 saturated carbocycles. The zero-order valence-corrected chi connectivity index (χ0v) is 13.1. The zero-order valence-electron chi connectivity index (χ0n) is 12.3. The number of hydrogen-bond acceptors (Lipinski definition) is 3. The number of carbonyl (C=O) groups is 1. The molecule has 0 bridgehead atoms. The Morgan fingerprint density at radius 2 is 2.10 bits per heavy atom. The normalized spacial score (nSPS) is 18.9. The van der Waals surface area contributed by atoms with E-state index in [-0.39, 0.29) is 5.91 Å². The molecular formula is C16H23NO2S. The Labute approximate surface area is 125 Å². The number of carbonyl (C=O) groups excluding carboxylic acids is 1. The van der Waals surface area contributed by atoms with Crippen molar-refractivity contribution in [1.82, 2.24) is 4.90 Å². The number of benzene rings is 1. The molecule has 0 spiro atoms. The number of piperidine rings is 1. The number of ether oxygens (including phenoxy) is 1. The third-order valence-electron chi connectivity index (χ3n) is 3.62. The van der Waals surface area contributed by atoms with E-state index < -0.39 is 0 Å². The van der Waals surface area contributed by atoms with Gasteiger partial charge in [0.2, 0.25) is 5.91 Å². The molecule has 1 aromatic carbocycles. The predicted molar refractivity (Wildman–Crippen MR) is 83.4 cm³/mol. The first-order chi connectivity index (χ1) is 9.70. The average Bonchev–Trinajstić information content (AvgIpc) is 2.47. The van der Waals surface area contributed by atoms with Gasteiger partial charge >= 0.3 is 0 Å². The monoisotopic (exact) mass is 293 g/mol. The number of rotatable bonds is 5. The lowest BCUT2D eigenvalue weighted by atomic mass is 10.0. The summed E-state index contributed by atoms with van der Waals surface area (Å²) in [6.45, 7) is 5.72. The number of nitrogens with zero attached hydrogens (tertiary/aromatic N) is 1. The molecule has 1 aliphatic rings. The summed E-state index contributed by atoms with van der Waals surface area (Å²) < 4.78 is 5.41. The van der Waals surface area contributed by atoms with Crippen LogP contribution in [0.3, 0.4) is 0 Å². The highest BCUT2D eigenvalue weighted by Crippen LogP contribution is 2.23. The van der Waals surface area contributed by atoms with Crippen LogP contribution in [0.5, 0.6) is 5.75 Å². The van der Waals surface area contributed by atoms with E-state index in [1.807, 2.05) is 36.1 Å². The summed E-state index contributed by atoms with van der Waals surface area (Å²) >= 11 is 1.60. The van der Waals surface area contributed by atoms with E-state index in [4.69, 9.17) is 4.74 Å². The van der Waals surface area contributed by atoms with Crippen LogP contribution in [0.4, 0.5) is 0 Å². The predicted octanol–water partition coefficient (Wildman–Crippen LogP) is 3.58. The lowest BCUT2D eigenvalue weighted by Gasteiger charge is -2.33. The van der Waals surface area contributed by atoms with Crippen LogP contribution in [0, 0.1) is 0 Å². The van der Waals surface area contributed by atoms with Gasteiger partial charge in [-0.05, 0) is 57.4 Å². The Hall–Kier alpha value is -1.16. The quantitative estimate of drug-likeness (QED) is 0.777. The van der Waals surface area contributed by atoms with Crippen LogP contribution in [0.1, 0.15) is 33.1 Å². The molecule has 4 heteroatoms. The van der Waals surface area contributed by atoms with Crippen LogP contribution in [0.15, 0.2) is 29.2 Å². The lowest BCUT2D eigenvalue weighted by Crippen LogP contribution is -2.42. The molecule has 1 aromatic rings. The summed E-state index contributed by atoms with van der Waals surface area (Å²) in [5.41, 5.74) is 0. The van der Waals surface area contributed by atoms with E-state index in [2.05, 4.69) is 6.92 Å². The lowest BCUT2D eigenvalue weighted by molar-refractivity contribution is -0.131. The molecule has 0 radical (unpaired) electrons. The fourth-order valence-corrected chi connectivity index (χ4v) is 3.28. The third-order valence-corrected chi connectivity index (χ3v) is 4.62. The minimum atomic E-state index is 0.260. The van der Waals surface area contributed by atoms with E-state index in [1.54, 1.807) is 11.8 Å². The third kappa shape index (κ3) is 4.17. The SMILES string of the molecule is CCOc1ccc(SCC(=O)N2CCCCC2C)cc1. The maximum Gasteiger partial charge on any atom is 0.233 e. The second-order valence-electron chi connectivity index (χ2n) is 5.13. The van der Waals surface area contributed by atoms with Crippen molar-refractivity contribution in [3.05, 3.63) is 24.3 Å². The van der Waals surface area contributed by atoms with Gasteiger partial charge in [-0.2, -0.15) is 0 Å². The highest BCUT2D eigenvalue weighted by Gasteiger charge is 2.22. The standard InChI is InChI=1S/C16H23NO2S/c1-3-19-14-7-9-15(10-8-14)20-12-16(18)17-11-5-4-6-13(17)2/h7-10,13H,3-6,11-12H2,1-2H3. The van der Waals surface area contributed by atoms with Crippen molar-refractivity contribution in [3.63, 3.8) is 0 Å². The molecule has 1 fully saturated rings. The van der Waals surface area contributed by atoms with Crippen molar-refractivity contribution in [3.8, 4) is 5.75 Å². The maximum absolute atomic E-state index is 12.2. The minimum absolute atomic E-state index is 0.260. The van der Waals surface area contributed by atoms with E-state index in [1.165, 1.54) is 6.42 Å². The number of thioether (sulfide) groups is 1. The second kappa shape index (κ2) is 7.58. The van der Waals surface area contributed by atoms with Gasteiger partial charge in [0.05, 0.1) is 12.4 Å². The summed E-state index contributed by atoms with van der Waals surface area (Å²) in [6, 6.07) is 8.35. The van der Waals surface area contributed by atoms with E-state index in [0.29, 0.717) is 18.4 Å². The Kier molecular flexibility index (Phi) is 5.77. The molecule has 3 nitrogen and oxygen atoms in total. The van der Waals surface area contributed by atoms with Crippen molar-refractivity contribution < 1.29 is 9.53 Å². The molecule has 1 amide bonds. The molecule has 2 rings (SSSR count). The van der Waals surface area contributed by atoms with Crippen molar-refractivity contribution in [1.29, 1.82) is 0 Å². The smallest absolute Gasteiger partial charge is 0.233 e. The van der Waals surface area contributed by atoms with Crippen LogP contribution in [0.25, 0.3) is 0 Å². The summed E-state index contributed by atoms with van der Waals surface area (Å²) in [5, 5.41) is 0. The van der Waals surface area contributed by atoms with Crippen molar-refractivity contribution in [2.75, 3.05) is 18.9 Å². The van der Waals surface area contributed by atoms with Crippen molar-refractivity contribution in [2.24, 2.45) is 0 Å². The number of amides is 1. The molecule has 110 valence electrons. The minimum Gasteiger partial charge on any atom is -0.494 e. The van der Waals surface area contributed by atoms with E-state index in [0.717, 1.165) is 30.0 Å². The van der Waals surface area contributed by atoms with Crippen molar-refractivity contribution in [2.45, 2.75) is 44.0 Å². The Morgan fingerprint density at radius 3 is 2.75 bits per heavy atom. The Morgan fingerprint density at radius 1 is 1.35 bits per heavy atom. The van der Waals surface area contributed by atoms with E-state index in [9.17, 15) is 4.79 Å². The molecule has 0 N–H and O–H groups in total. The summed E-state index contributed by atoms with van der Waals surface area (Å²) in [6.07, 6.45) is 3.53. The number of likely N-dealkylation sites (tertiary alicyclic amines) is 1. The first-order valence-electron chi connectivity index (χ1n) is 7.36. The largest absolute Gasteiger partial charge is 0.494 e. The fraction of sp³-hybridized carbons (Fsp3) is 0.562. The molecule has 1 aliphatic heterocycles. The van der Waals surface area contributed by atoms with Crippen molar-refractivity contribution >= 4 is 17.7 Å². The molecule has 1 heterocycles. The molecule has 1 atom stereocenters. The topological polar surface area (TPSA) is 29.5 Å². The summed E-state index contributed by atoms with van der Waals surface area (Å²) in [5.74, 6) is 1.67. The maximum atomic E-state index is 12.2. The molecular weight excluding hydrogens is 270 g/mol. The summed E-state index contributed by atoms with van der Waals surface area (Å²) in [4.78, 5) is 15.4.